The van der Waals surface area contributed by atoms with Crippen LogP contribution in [-0.2, 0) is 16.1 Å². The molecule has 1 saturated heterocycles. The topological polar surface area (TPSA) is 53.1 Å². The zero-order valence-corrected chi connectivity index (χ0v) is 22.9. The lowest BCUT2D eigenvalue weighted by atomic mass is 9.97. The second-order valence-corrected chi connectivity index (χ2v) is 10.7. The summed E-state index contributed by atoms with van der Waals surface area (Å²) in [6.07, 6.45) is 4.97. The lowest BCUT2D eigenvalue weighted by Gasteiger charge is -2.32. The molecule has 3 aromatic rings. The van der Waals surface area contributed by atoms with E-state index in [4.69, 9.17) is 23.9 Å². The molecule has 2 aromatic carbocycles. The van der Waals surface area contributed by atoms with Gasteiger partial charge in [-0.2, -0.15) is 0 Å². The molecule has 1 aliphatic heterocycles. The van der Waals surface area contributed by atoms with Crippen LogP contribution in [0, 0.1) is 25.7 Å². The van der Waals surface area contributed by atoms with E-state index in [2.05, 4.69) is 36.9 Å². The molecule has 0 atom stereocenters. The molecule has 0 N–H and O–H groups in total. The van der Waals surface area contributed by atoms with Gasteiger partial charge in [-0.05, 0) is 92.3 Å². The van der Waals surface area contributed by atoms with Gasteiger partial charge >= 0.3 is 0 Å². The predicted octanol–water partition coefficient (Wildman–Crippen LogP) is 6.33. The summed E-state index contributed by atoms with van der Waals surface area (Å²) in [5.74, 6) is 2.97. The van der Waals surface area contributed by atoms with Crippen molar-refractivity contribution in [3.63, 3.8) is 0 Å². The van der Waals surface area contributed by atoms with E-state index in [1.54, 1.807) is 21.3 Å². The quantitative estimate of drug-likeness (QED) is 0.322. The third-order valence-corrected chi connectivity index (χ3v) is 7.80. The van der Waals surface area contributed by atoms with Crippen LogP contribution >= 0.6 is 0 Å². The molecule has 0 radical (unpaired) electrons. The highest BCUT2D eigenvalue weighted by Gasteiger charge is 2.28. The maximum atomic E-state index is 5.83. The van der Waals surface area contributed by atoms with Crippen LogP contribution in [0.5, 0.6) is 11.5 Å². The number of aromatic nitrogens is 1. The minimum absolute atomic E-state index is 0.490. The largest absolute Gasteiger partial charge is 0.496 e. The first-order chi connectivity index (χ1) is 18.0. The van der Waals surface area contributed by atoms with E-state index in [-0.39, 0.29) is 0 Å². The molecule has 6 heteroatoms. The van der Waals surface area contributed by atoms with Crippen molar-refractivity contribution in [3.05, 3.63) is 47.0 Å². The van der Waals surface area contributed by atoms with Crippen LogP contribution in [0.15, 0.2) is 30.3 Å². The smallest absolute Gasteiger partial charge is 0.132 e. The van der Waals surface area contributed by atoms with Crippen molar-refractivity contribution in [1.29, 1.82) is 0 Å². The molecule has 0 bridgehead atoms. The van der Waals surface area contributed by atoms with Gasteiger partial charge in [0.25, 0.3) is 0 Å². The number of ether oxygens (including phenoxy) is 4. The van der Waals surface area contributed by atoms with Gasteiger partial charge in [0.2, 0.25) is 0 Å². The van der Waals surface area contributed by atoms with Gasteiger partial charge in [-0.3, -0.25) is 0 Å². The Labute approximate surface area is 220 Å². The fraction of sp³-hybridized carbons (Fsp3) is 0.516. The predicted molar refractivity (Wildman–Crippen MR) is 149 cm³/mol. The highest BCUT2D eigenvalue weighted by Crippen LogP contribution is 2.43. The van der Waals surface area contributed by atoms with Crippen molar-refractivity contribution >= 4 is 16.6 Å². The number of hydrogen-bond acceptors (Lipinski definition) is 6. The van der Waals surface area contributed by atoms with E-state index in [9.17, 15) is 0 Å². The number of rotatable bonds is 10. The van der Waals surface area contributed by atoms with E-state index < -0.39 is 0 Å². The molecule has 1 saturated carbocycles. The Morgan fingerprint density at radius 2 is 1.51 bits per heavy atom. The minimum atomic E-state index is 0.490. The van der Waals surface area contributed by atoms with Crippen LogP contribution in [-0.4, -0.2) is 52.6 Å². The molecule has 0 spiro atoms. The molecule has 2 fully saturated rings. The van der Waals surface area contributed by atoms with Gasteiger partial charge in [0.05, 0.1) is 37.6 Å². The van der Waals surface area contributed by atoms with Crippen molar-refractivity contribution in [1.82, 2.24) is 4.98 Å². The van der Waals surface area contributed by atoms with Crippen molar-refractivity contribution in [2.75, 3.05) is 52.5 Å². The molecule has 5 rings (SSSR count). The number of nitrogens with zero attached hydrogens (tertiary/aromatic N) is 2. The van der Waals surface area contributed by atoms with Crippen molar-refractivity contribution in [2.45, 2.75) is 46.1 Å². The molecule has 0 unspecified atom stereocenters. The van der Waals surface area contributed by atoms with Crippen LogP contribution in [0.2, 0.25) is 0 Å². The standard InChI is InChI=1S/C31H40N2O4/c1-20-6-9-26(33(17-22-7-8-22)18-23-10-12-37-13-11-23)25-14-21(2)31(32-30(20)25)29-27(35-4)15-24(19-34-3)16-28(29)36-5/h6,9,14-16,22-23H,7-8,10-13,17-19H2,1-5H3. The number of fused-ring (bicyclic) bond motifs is 1. The molecule has 37 heavy (non-hydrogen) atoms. The molecule has 198 valence electrons. The lowest BCUT2D eigenvalue weighted by molar-refractivity contribution is 0.0682. The Balaban J connectivity index is 1.61. The summed E-state index contributed by atoms with van der Waals surface area (Å²) in [5, 5.41) is 1.22. The highest BCUT2D eigenvalue weighted by molar-refractivity contribution is 5.97. The van der Waals surface area contributed by atoms with Crippen molar-refractivity contribution < 1.29 is 18.9 Å². The van der Waals surface area contributed by atoms with Gasteiger partial charge in [0.1, 0.15) is 11.5 Å². The fourth-order valence-corrected chi connectivity index (χ4v) is 5.58. The summed E-state index contributed by atoms with van der Waals surface area (Å²) in [6.45, 7) is 8.75. The van der Waals surface area contributed by atoms with Crippen LogP contribution < -0.4 is 14.4 Å². The van der Waals surface area contributed by atoms with Crippen LogP contribution in [0.3, 0.4) is 0 Å². The summed E-state index contributed by atoms with van der Waals surface area (Å²) in [5.41, 5.74) is 7.39. The van der Waals surface area contributed by atoms with Gasteiger partial charge < -0.3 is 23.8 Å². The molecule has 2 aliphatic rings. The first-order valence-corrected chi connectivity index (χ1v) is 13.5. The van der Waals surface area contributed by atoms with Gasteiger partial charge in [-0.15, -0.1) is 0 Å². The van der Waals surface area contributed by atoms with E-state index >= 15 is 0 Å². The third kappa shape index (κ3) is 5.55. The average molecular weight is 505 g/mol. The van der Waals surface area contributed by atoms with E-state index in [1.165, 1.54) is 29.5 Å². The summed E-state index contributed by atoms with van der Waals surface area (Å²) < 4.78 is 22.7. The highest BCUT2D eigenvalue weighted by atomic mass is 16.5. The fourth-order valence-electron chi connectivity index (χ4n) is 5.58. The van der Waals surface area contributed by atoms with Gasteiger partial charge in [0.15, 0.2) is 0 Å². The van der Waals surface area contributed by atoms with E-state index in [0.717, 1.165) is 84.5 Å². The first-order valence-electron chi connectivity index (χ1n) is 13.5. The van der Waals surface area contributed by atoms with Crippen molar-refractivity contribution in [3.8, 4) is 22.8 Å². The summed E-state index contributed by atoms with van der Waals surface area (Å²) >= 11 is 0. The molecule has 0 amide bonds. The Bertz CT molecular complexity index is 1220. The maximum absolute atomic E-state index is 5.83. The van der Waals surface area contributed by atoms with Crippen LogP contribution in [0.1, 0.15) is 42.4 Å². The van der Waals surface area contributed by atoms with Gasteiger partial charge in [-0.1, -0.05) is 6.07 Å². The Morgan fingerprint density at radius 1 is 0.865 bits per heavy atom. The van der Waals surface area contributed by atoms with Crippen molar-refractivity contribution in [2.24, 2.45) is 11.8 Å². The first kappa shape index (κ1) is 25.8. The molecule has 1 aliphatic carbocycles. The normalized spacial score (nSPS) is 16.2. The SMILES string of the molecule is COCc1cc(OC)c(-c2nc3c(C)ccc(N(CC4CCOCC4)CC4CC4)c3cc2C)c(OC)c1. The molecule has 6 nitrogen and oxygen atoms in total. The zero-order valence-electron chi connectivity index (χ0n) is 22.9. The monoisotopic (exact) mass is 504 g/mol. The molecule has 2 heterocycles. The van der Waals surface area contributed by atoms with Crippen LogP contribution in [0.4, 0.5) is 5.69 Å². The Hall–Kier alpha value is -2.83. The van der Waals surface area contributed by atoms with Crippen LogP contribution in [0.25, 0.3) is 22.2 Å². The third-order valence-electron chi connectivity index (χ3n) is 7.80. The average Bonchev–Trinajstić information content (AvgIpc) is 3.73. The van der Waals surface area contributed by atoms with Gasteiger partial charge in [-0.25, -0.2) is 4.98 Å². The number of anilines is 1. The van der Waals surface area contributed by atoms with Gasteiger partial charge in [0, 0.05) is 44.5 Å². The number of benzene rings is 2. The summed E-state index contributed by atoms with van der Waals surface area (Å²) in [7, 11) is 5.08. The Kier molecular flexibility index (Phi) is 7.87. The Morgan fingerprint density at radius 3 is 2.11 bits per heavy atom. The summed E-state index contributed by atoms with van der Waals surface area (Å²) in [4.78, 5) is 7.92. The number of hydrogen-bond donors (Lipinski definition) is 0. The molecule has 1 aromatic heterocycles. The lowest BCUT2D eigenvalue weighted by Crippen LogP contribution is -2.34. The number of methoxy groups -OCH3 is 3. The number of aryl methyl sites for hydroxylation is 2. The second kappa shape index (κ2) is 11.3. The van der Waals surface area contributed by atoms with E-state index in [0.29, 0.717) is 12.5 Å². The zero-order chi connectivity index (χ0) is 25.9. The maximum Gasteiger partial charge on any atom is 0.132 e. The molecular weight excluding hydrogens is 464 g/mol. The second-order valence-electron chi connectivity index (χ2n) is 10.7. The number of pyridine rings is 1. The minimum Gasteiger partial charge on any atom is -0.496 e. The molecular formula is C31H40N2O4. The van der Waals surface area contributed by atoms with E-state index in [1.807, 2.05) is 12.1 Å². The summed E-state index contributed by atoms with van der Waals surface area (Å²) in [6, 6.07) is 10.9.